The summed E-state index contributed by atoms with van der Waals surface area (Å²) in [6.07, 6.45) is -0.349. The molecule has 0 radical (unpaired) electrons. The van der Waals surface area contributed by atoms with Crippen LogP contribution in [-0.2, 0) is 19.9 Å². The van der Waals surface area contributed by atoms with E-state index < -0.39 is 5.60 Å². The molecule has 3 heteroatoms. The first-order chi connectivity index (χ1) is 13.1. The zero-order valence-corrected chi connectivity index (χ0v) is 15.7. The Morgan fingerprint density at radius 1 is 0.778 bits per heavy atom. The molecule has 3 aromatic carbocycles. The smallest absolute Gasteiger partial charge is 0.302 e. The summed E-state index contributed by atoms with van der Waals surface area (Å²) in [6.45, 7) is 3.53. The third-order valence-electron chi connectivity index (χ3n) is 4.44. The summed E-state index contributed by atoms with van der Waals surface area (Å²) < 4.78 is 11.9. The first kappa shape index (κ1) is 18.9. The molecule has 0 fully saturated rings. The van der Waals surface area contributed by atoms with Gasteiger partial charge in [-0.1, -0.05) is 91.0 Å². The average molecular weight is 360 g/mol. The Morgan fingerprint density at radius 3 is 1.48 bits per heavy atom. The molecule has 0 aliphatic rings. The lowest BCUT2D eigenvalue weighted by Crippen LogP contribution is -2.36. The summed E-state index contributed by atoms with van der Waals surface area (Å²) in [5, 5.41) is 0. The van der Waals surface area contributed by atoms with E-state index in [9.17, 15) is 4.79 Å². The molecule has 0 heterocycles. The third-order valence-corrected chi connectivity index (χ3v) is 4.44. The van der Waals surface area contributed by atoms with Gasteiger partial charge in [-0.3, -0.25) is 4.79 Å². The summed E-state index contributed by atoms with van der Waals surface area (Å²) in [4.78, 5) is 11.3. The molecular formula is C24H24O3. The molecule has 0 N–H and O–H groups in total. The molecule has 3 aromatic rings. The van der Waals surface area contributed by atoms with E-state index in [-0.39, 0.29) is 18.7 Å². The number of carbonyl (C=O) groups excluding carboxylic acids is 1. The first-order valence-electron chi connectivity index (χ1n) is 9.10. The second-order valence-corrected chi connectivity index (χ2v) is 6.51. The van der Waals surface area contributed by atoms with Gasteiger partial charge in [-0.05, 0) is 23.6 Å². The molecule has 1 unspecified atom stereocenters. The number of ether oxygens (including phenoxy) is 2. The molecule has 0 aliphatic carbocycles. The zero-order valence-electron chi connectivity index (χ0n) is 15.7. The van der Waals surface area contributed by atoms with Gasteiger partial charge in [0.05, 0.1) is 6.61 Å². The Morgan fingerprint density at radius 2 is 1.15 bits per heavy atom. The molecule has 0 bridgehead atoms. The molecule has 138 valence electrons. The fraction of sp³-hybridized carbons (Fsp3) is 0.208. The van der Waals surface area contributed by atoms with Crippen molar-refractivity contribution in [1.82, 2.24) is 0 Å². The Kier molecular flexibility index (Phi) is 6.05. The van der Waals surface area contributed by atoms with Crippen LogP contribution >= 0.6 is 0 Å². The van der Waals surface area contributed by atoms with Crippen molar-refractivity contribution >= 4 is 5.97 Å². The van der Waals surface area contributed by atoms with Gasteiger partial charge < -0.3 is 9.47 Å². The number of benzene rings is 3. The predicted molar refractivity (Wildman–Crippen MR) is 106 cm³/mol. The van der Waals surface area contributed by atoms with Crippen LogP contribution in [0.2, 0.25) is 0 Å². The fourth-order valence-corrected chi connectivity index (χ4v) is 3.33. The number of esters is 1. The molecule has 0 aromatic heterocycles. The van der Waals surface area contributed by atoms with Crippen LogP contribution in [0.25, 0.3) is 0 Å². The van der Waals surface area contributed by atoms with Crippen molar-refractivity contribution in [3.05, 3.63) is 108 Å². The predicted octanol–water partition coefficient (Wildman–Crippen LogP) is 4.95. The summed E-state index contributed by atoms with van der Waals surface area (Å²) in [5.74, 6) is -0.309. The zero-order chi connectivity index (χ0) is 19.1. The molecule has 0 aliphatic heterocycles. The van der Waals surface area contributed by atoms with Crippen molar-refractivity contribution in [2.45, 2.75) is 25.6 Å². The highest BCUT2D eigenvalue weighted by molar-refractivity contribution is 5.66. The minimum Gasteiger partial charge on any atom is -0.460 e. The second kappa shape index (κ2) is 8.65. The van der Waals surface area contributed by atoms with Crippen LogP contribution in [0.1, 0.15) is 30.5 Å². The maximum Gasteiger partial charge on any atom is 0.302 e. The minimum absolute atomic E-state index is 0.276. The number of carbonyl (C=O) groups is 1. The summed E-state index contributed by atoms with van der Waals surface area (Å²) in [7, 11) is 0. The molecule has 0 spiro atoms. The van der Waals surface area contributed by atoms with E-state index in [2.05, 4.69) is 36.4 Å². The Bertz CT molecular complexity index is 748. The fourth-order valence-electron chi connectivity index (χ4n) is 3.33. The average Bonchev–Trinajstić information content (AvgIpc) is 2.70. The highest BCUT2D eigenvalue weighted by atomic mass is 16.6. The number of hydrogen-bond donors (Lipinski definition) is 0. The molecule has 0 saturated carbocycles. The highest BCUT2D eigenvalue weighted by Gasteiger charge is 2.38. The molecule has 0 amide bonds. The molecule has 0 saturated heterocycles. The van der Waals surface area contributed by atoms with E-state index >= 15 is 0 Å². The van der Waals surface area contributed by atoms with Gasteiger partial charge >= 0.3 is 5.97 Å². The topological polar surface area (TPSA) is 35.5 Å². The van der Waals surface area contributed by atoms with Crippen LogP contribution in [0.3, 0.4) is 0 Å². The van der Waals surface area contributed by atoms with Crippen molar-refractivity contribution < 1.29 is 14.3 Å². The second-order valence-electron chi connectivity index (χ2n) is 6.51. The van der Waals surface area contributed by atoms with E-state index in [1.165, 1.54) is 6.92 Å². The van der Waals surface area contributed by atoms with Crippen LogP contribution in [0, 0.1) is 0 Å². The summed E-state index contributed by atoms with van der Waals surface area (Å²) in [5.41, 5.74) is 2.28. The van der Waals surface area contributed by atoms with Crippen LogP contribution in [0.5, 0.6) is 0 Å². The van der Waals surface area contributed by atoms with E-state index in [0.29, 0.717) is 0 Å². The molecule has 3 rings (SSSR count). The van der Waals surface area contributed by atoms with Gasteiger partial charge in [-0.2, -0.15) is 0 Å². The minimum atomic E-state index is -0.793. The van der Waals surface area contributed by atoms with Gasteiger partial charge in [-0.25, -0.2) is 0 Å². The SMILES string of the molecule is CC(=O)OC(C)COC(c1ccccc1)(c1ccccc1)c1ccccc1. The van der Waals surface area contributed by atoms with Gasteiger partial charge in [-0.15, -0.1) is 0 Å². The highest BCUT2D eigenvalue weighted by Crippen LogP contribution is 2.40. The van der Waals surface area contributed by atoms with Crippen molar-refractivity contribution in [2.75, 3.05) is 6.61 Å². The van der Waals surface area contributed by atoms with Crippen LogP contribution in [-0.4, -0.2) is 18.7 Å². The van der Waals surface area contributed by atoms with Crippen LogP contribution in [0.15, 0.2) is 91.0 Å². The molecule has 1 atom stereocenters. The quantitative estimate of drug-likeness (QED) is 0.442. The van der Waals surface area contributed by atoms with Gasteiger partial charge in [0.25, 0.3) is 0 Å². The summed E-state index contributed by atoms with van der Waals surface area (Å²) in [6, 6.07) is 30.4. The van der Waals surface area contributed by atoms with Crippen molar-refractivity contribution in [3.8, 4) is 0 Å². The molecule has 27 heavy (non-hydrogen) atoms. The van der Waals surface area contributed by atoms with Crippen LogP contribution < -0.4 is 0 Å². The number of hydrogen-bond acceptors (Lipinski definition) is 3. The monoisotopic (exact) mass is 360 g/mol. The van der Waals surface area contributed by atoms with Crippen molar-refractivity contribution in [2.24, 2.45) is 0 Å². The van der Waals surface area contributed by atoms with E-state index in [4.69, 9.17) is 9.47 Å². The maximum atomic E-state index is 11.3. The van der Waals surface area contributed by atoms with Crippen LogP contribution in [0.4, 0.5) is 0 Å². The Hall–Kier alpha value is -2.91. The lowest BCUT2D eigenvalue weighted by Gasteiger charge is -2.36. The third kappa shape index (κ3) is 4.26. The first-order valence-corrected chi connectivity index (χ1v) is 9.10. The van der Waals surface area contributed by atoms with Gasteiger partial charge in [0, 0.05) is 6.92 Å². The van der Waals surface area contributed by atoms with Gasteiger partial charge in [0.1, 0.15) is 11.7 Å². The van der Waals surface area contributed by atoms with Gasteiger partial charge in [0.15, 0.2) is 0 Å². The van der Waals surface area contributed by atoms with Crippen molar-refractivity contribution in [3.63, 3.8) is 0 Å². The van der Waals surface area contributed by atoms with E-state index in [1.54, 1.807) is 0 Å². The van der Waals surface area contributed by atoms with E-state index in [0.717, 1.165) is 16.7 Å². The lowest BCUT2D eigenvalue weighted by atomic mass is 9.80. The number of rotatable bonds is 7. The standard InChI is InChI=1S/C24H24O3/c1-19(27-20(2)25)18-26-24(21-12-6-3-7-13-21,22-14-8-4-9-15-22)23-16-10-5-11-17-23/h3-17,19H,18H2,1-2H3. The largest absolute Gasteiger partial charge is 0.460 e. The van der Waals surface area contributed by atoms with Crippen molar-refractivity contribution in [1.29, 1.82) is 0 Å². The maximum absolute atomic E-state index is 11.3. The summed E-state index contributed by atoms with van der Waals surface area (Å²) >= 11 is 0. The molecule has 3 nitrogen and oxygen atoms in total. The molecular weight excluding hydrogens is 336 g/mol. The Balaban J connectivity index is 2.12. The Labute approximate surface area is 160 Å². The van der Waals surface area contributed by atoms with E-state index in [1.807, 2.05) is 61.5 Å². The lowest BCUT2D eigenvalue weighted by molar-refractivity contribution is -0.150. The normalized spacial score (nSPS) is 12.4. The van der Waals surface area contributed by atoms with Gasteiger partial charge in [0.2, 0.25) is 0 Å².